The van der Waals surface area contributed by atoms with Gasteiger partial charge in [-0.05, 0) is 41.8 Å². The molecule has 0 saturated carbocycles. The fraction of sp³-hybridized carbons (Fsp3) is 0.278. The van der Waals surface area contributed by atoms with Crippen molar-refractivity contribution >= 4 is 5.91 Å². The van der Waals surface area contributed by atoms with Crippen molar-refractivity contribution in [2.75, 3.05) is 19.8 Å². The molecule has 1 fully saturated rings. The highest BCUT2D eigenvalue weighted by molar-refractivity contribution is 5.94. The number of hydrogen-bond donors (Lipinski definition) is 5. The van der Waals surface area contributed by atoms with E-state index in [9.17, 15) is 4.79 Å². The zero-order valence-corrected chi connectivity index (χ0v) is 14.2. The monoisotopic (exact) mass is 355 g/mol. The van der Waals surface area contributed by atoms with Gasteiger partial charge in [0.05, 0.1) is 0 Å². The van der Waals surface area contributed by atoms with Gasteiger partial charge in [0.1, 0.15) is 19.4 Å². The van der Waals surface area contributed by atoms with Crippen LogP contribution in [0.25, 0.3) is 0 Å². The number of rotatable bonds is 5. The zero-order valence-electron chi connectivity index (χ0n) is 14.2. The van der Waals surface area contributed by atoms with E-state index in [2.05, 4.69) is 27.2 Å². The Morgan fingerprint density at radius 1 is 1.04 bits per heavy atom. The van der Waals surface area contributed by atoms with Gasteiger partial charge in [0.15, 0.2) is 11.5 Å². The van der Waals surface area contributed by atoms with Crippen LogP contribution in [0.4, 0.5) is 0 Å². The summed E-state index contributed by atoms with van der Waals surface area (Å²) >= 11 is 0. The first-order valence-corrected chi connectivity index (χ1v) is 8.57. The molecule has 5 N–H and O–H groups in total. The van der Waals surface area contributed by atoms with Gasteiger partial charge in [-0.2, -0.15) is 11.1 Å². The van der Waals surface area contributed by atoms with Crippen LogP contribution in [-0.2, 0) is 6.42 Å². The Labute approximate surface area is 151 Å². The quantitative estimate of drug-likeness (QED) is 0.534. The Bertz CT molecular complexity index is 792. The summed E-state index contributed by atoms with van der Waals surface area (Å²) in [4.78, 5) is 12.4. The van der Waals surface area contributed by atoms with Crippen LogP contribution in [0, 0.1) is 0 Å². The summed E-state index contributed by atoms with van der Waals surface area (Å²) in [7, 11) is 0. The third-order valence-corrected chi connectivity index (χ3v) is 4.28. The number of benzene rings is 2. The second-order valence-corrected chi connectivity index (χ2v) is 6.08. The largest absolute Gasteiger partial charge is 0.486 e. The van der Waals surface area contributed by atoms with Gasteiger partial charge in [0.2, 0.25) is 0 Å². The van der Waals surface area contributed by atoms with Crippen LogP contribution in [0.5, 0.6) is 11.5 Å². The maximum atomic E-state index is 12.4. The summed E-state index contributed by atoms with van der Waals surface area (Å²) in [5.74, 6) is 1.45. The molecule has 2 aliphatic heterocycles. The van der Waals surface area contributed by atoms with E-state index in [1.807, 2.05) is 36.4 Å². The molecular weight excluding hydrogens is 334 g/mol. The highest BCUT2D eigenvalue weighted by Gasteiger charge is 2.16. The van der Waals surface area contributed by atoms with Crippen LogP contribution in [0.1, 0.15) is 27.7 Å². The number of hydrazine groups is 3. The van der Waals surface area contributed by atoms with E-state index in [0.29, 0.717) is 25.3 Å². The fourth-order valence-electron chi connectivity index (χ4n) is 2.94. The number of amides is 1. The van der Waals surface area contributed by atoms with Gasteiger partial charge < -0.3 is 14.8 Å². The molecule has 8 heteroatoms. The summed E-state index contributed by atoms with van der Waals surface area (Å²) in [5, 5.41) is 2.96. The van der Waals surface area contributed by atoms with Gasteiger partial charge in [-0.25, -0.2) is 10.9 Å². The maximum absolute atomic E-state index is 12.4. The van der Waals surface area contributed by atoms with Crippen molar-refractivity contribution in [2.45, 2.75) is 12.6 Å². The van der Waals surface area contributed by atoms with Crippen LogP contribution < -0.4 is 36.7 Å². The highest BCUT2D eigenvalue weighted by Crippen LogP contribution is 2.30. The number of carbonyl (C=O) groups is 1. The second-order valence-electron chi connectivity index (χ2n) is 6.08. The van der Waals surface area contributed by atoms with E-state index < -0.39 is 0 Å². The Kier molecular flexibility index (Phi) is 4.98. The minimum absolute atomic E-state index is 0.0942. The Balaban J connectivity index is 1.33. The van der Waals surface area contributed by atoms with Crippen molar-refractivity contribution in [3.05, 3.63) is 59.2 Å². The summed E-state index contributed by atoms with van der Waals surface area (Å²) in [6, 6.07) is 13.4. The summed E-state index contributed by atoms with van der Waals surface area (Å²) in [6.45, 7) is 1.70. The molecule has 2 aliphatic rings. The van der Waals surface area contributed by atoms with E-state index in [1.165, 1.54) is 0 Å². The average molecular weight is 355 g/mol. The van der Waals surface area contributed by atoms with Crippen molar-refractivity contribution in [1.29, 1.82) is 0 Å². The first kappa shape index (κ1) is 16.8. The van der Waals surface area contributed by atoms with Crippen molar-refractivity contribution in [1.82, 2.24) is 27.2 Å². The molecule has 2 aromatic rings. The summed E-state index contributed by atoms with van der Waals surface area (Å²) in [6.07, 6.45) is 0.627. The van der Waals surface area contributed by atoms with Crippen LogP contribution in [0.2, 0.25) is 0 Å². The topological polar surface area (TPSA) is 95.7 Å². The molecule has 0 spiro atoms. The number of fused-ring (bicyclic) bond motifs is 1. The minimum Gasteiger partial charge on any atom is -0.486 e. The lowest BCUT2D eigenvalue weighted by Crippen LogP contribution is -2.33. The van der Waals surface area contributed by atoms with Gasteiger partial charge in [-0.3, -0.25) is 4.79 Å². The molecule has 0 atom stereocenters. The molecule has 1 amide bonds. The van der Waals surface area contributed by atoms with Gasteiger partial charge in [0, 0.05) is 12.1 Å². The lowest BCUT2D eigenvalue weighted by Gasteiger charge is -2.18. The standard InChI is InChI=1S/C18H21N5O3/c24-18(14-3-1-2-13(11-14)17-20-22-23-21-17)19-7-6-12-4-5-15-16(10-12)26-9-8-25-15/h1-5,10-11,17,20-23H,6-9H2,(H,19,24). The molecule has 1 saturated heterocycles. The fourth-order valence-corrected chi connectivity index (χ4v) is 2.94. The van der Waals surface area contributed by atoms with Gasteiger partial charge >= 0.3 is 0 Å². The van der Waals surface area contributed by atoms with Gasteiger partial charge in [0.25, 0.3) is 5.91 Å². The van der Waals surface area contributed by atoms with Gasteiger partial charge in [-0.15, -0.1) is 0 Å². The molecule has 8 nitrogen and oxygen atoms in total. The summed E-state index contributed by atoms with van der Waals surface area (Å²) in [5.41, 5.74) is 14.2. The Hall–Kier alpha value is -2.65. The van der Waals surface area contributed by atoms with E-state index >= 15 is 0 Å². The molecule has 136 valence electrons. The number of carbonyl (C=O) groups excluding carboxylic acids is 1. The maximum Gasteiger partial charge on any atom is 0.251 e. The van der Waals surface area contributed by atoms with E-state index in [0.717, 1.165) is 29.0 Å². The molecule has 0 aliphatic carbocycles. The Morgan fingerprint density at radius 2 is 1.85 bits per heavy atom. The normalized spacial score (nSPS) is 16.5. The molecule has 26 heavy (non-hydrogen) atoms. The molecule has 0 aromatic heterocycles. The minimum atomic E-state index is -0.0968. The Morgan fingerprint density at radius 3 is 2.69 bits per heavy atom. The van der Waals surface area contributed by atoms with Crippen LogP contribution in [0.3, 0.4) is 0 Å². The molecule has 0 bridgehead atoms. The number of ether oxygens (including phenoxy) is 2. The number of nitrogens with one attached hydrogen (secondary N) is 5. The molecule has 2 heterocycles. The number of hydrogen-bond acceptors (Lipinski definition) is 7. The van der Waals surface area contributed by atoms with Crippen molar-refractivity contribution < 1.29 is 14.3 Å². The molecule has 0 radical (unpaired) electrons. The van der Waals surface area contributed by atoms with Gasteiger partial charge in [-0.1, -0.05) is 18.2 Å². The highest BCUT2D eigenvalue weighted by atomic mass is 16.6. The van der Waals surface area contributed by atoms with Crippen molar-refractivity contribution in [3.63, 3.8) is 0 Å². The lowest BCUT2D eigenvalue weighted by molar-refractivity contribution is 0.0954. The smallest absolute Gasteiger partial charge is 0.251 e. The van der Waals surface area contributed by atoms with Crippen molar-refractivity contribution in [2.24, 2.45) is 0 Å². The molecule has 2 aromatic carbocycles. The van der Waals surface area contributed by atoms with E-state index in [-0.39, 0.29) is 12.1 Å². The average Bonchev–Trinajstić information content (AvgIpc) is 3.23. The van der Waals surface area contributed by atoms with Crippen LogP contribution in [0.15, 0.2) is 42.5 Å². The molecule has 4 rings (SSSR count). The summed E-state index contributed by atoms with van der Waals surface area (Å²) < 4.78 is 11.1. The van der Waals surface area contributed by atoms with E-state index in [1.54, 1.807) is 6.07 Å². The lowest BCUT2D eigenvalue weighted by atomic mass is 10.1. The third kappa shape index (κ3) is 3.78. The van der Waals surface area contributed by atoms with Crippen LogP contribution >= 0.6 is 0 Å². The zero-order chi connectivity index (χ0) is 17.8. The predicted molar refractivity (Wildman–Crippen MR) is 95.2 cm³/mol. The molecular formula is C18H21N5O3. The van der Waals surface area contributed by atoms with E-state index in [4.69, 9.17) is 9.47 Å². The second kappa shape index (κ2) is 7.71. The van der Waals surface area contributed by atoms with Crippen molar-refractivity contribution in [3.8, 4) is 11.5 Å². The van der Waals surface area contributed by atoms with Crippen LogP contribution in [-0.4, -0.2) is 25.7 Å². The predicted octanol–water partition coefficient (Wildman–Crippen LogP) is 0.546. The third-order valence-electron chi connectivity index (χ3n) is 4.28. The molecule has 0 unspecified atom stereocenters. The first-order valence-electron chi connectivity index (χ1n) is 8.57. The first-order chi connectivity index (χ1) is 12.8. The SMILES string of the molecule is O=C(NCCc1ccc2c(c1)OCCO2)c1cccc(C2NNNN2)c1.